The van der Waals surface area contributed by atoms with Crippen molar-refractivity contribution in [1.29, 1.82) is 0 Å². The highest BCUT2D eigenvalue weighted by atomic mass is 79.9. The molecule has 0 heterocycles. The molecule has 1 N–H and O–H groups in total. The number of rotatable bonds is 8. The lowest BCUT2D eigenvalue weighted by atomic mass is 10.1. The van der Waals surface area contributed by atoms with E-state index in [1.165, 1.54) is 11.3 Å². The molecule has 1 aromatic carbocycles. The molecule has 3 nitrogen and oxygen atoms in total. The highest BCUT2D eigenvalue weighted by molar-refractivity contribution is 9.10. The van der Waals surface area contributed by atoms with Gasteiger partial charge in [-0.2, -0.15) is 0 Å². The van der Waals surface area contributed by atoms with Crippen molar-refractivity contribution in [3.8, 4) is 0 Å². The van der Waals surface area contributed by atoms with Crippen LogP contribution in [0.2, 0.25) is 0 Å². The van der Waals surface area contributed by atoms with Crippen LogP contribution >= 0.6 is 15.9 Å². The van der Waals surface area contributed by atoms with E-state index in [1.807, 2.05) is 13.1 Å². The zero-order valence-electron chi connectivity index (χ0n) is 11.9. The number of halogens is 1. The predicted molar refractivity (Wildman–Crippen MR) is 85.9 cm³/mol. The first-order valence-corrected chi connectivity index (χ1v) is 7.24. The Morgan fingerprint density at radius 3 is 2.79 bits per heavy atom. The van der Waals surface area contributed by atoms with E-state index in [0.717, 1.165) is 17.6 Å². The quantitative estimate of drug-likeness (QED) is 0.741. The van der Waals surface area contributed by atoms with Gasteiger partial charge < -0.3 is 15.0 Å². The predicted octanol–water partition coefficient (Wildman–Crippen LogP) is 3.37. The molecule has 0 spiro atoms. The molecule has 106 valence electrons. The summed E-state index contributed by atoms with van der Waals surface area (Å²) in [5.74, 6) is 0. The van der Waals surface area contributed by atoms with Crippen LogP contribution in [0.25, 0.3) is 0 Å². The van der Waals surface area contributed by atoms with Gasteiger partial charge in [-0.05, 0) is 31.7 Å². The van der Waals surface area contributed by atoms with E-state index in [9.17, 15) is 0 Å². The van der Waals surface area contributed by atoms with Crippen LogP contribution in [-0.2, 0) is 4.74 Å². The summed E-state index contributed by atoms with van der Waals surface area (Å²) in [6.45, 7) is 8.34. The Hall–Kier alpha value is -0.840. The maximum Gasteiger partial charge on any atom is 0.0637 e. The van der Waals surface area contributed by atoms with Gasteiger partial charge in [0, 0.05) is 36.4 Å². The second-order valence-corrected chi connectivity index (χ2v) is 5.30. The van der Waals surface area contributed by atoms with E-state index < -0.39 is 0 Å². The third-order valence-electron chi connectivity index (χ3n) is 3.16. The molecule has 0 aliphatic rings. The van der Waals surface area contributed by atoms with Gasteiger partial charge in [-0.3, -0.25) is 0 Å². The minimum Gasteiger partial charge on any atom is -0.383 e. The Morgan fingerprint density at radius 1 is 1.53 bits per heavy atom. The van der Waals surface area contributed by atoms with Gasteiger partial charge in [0.1, 0.15) is 0 Å². The summed E-state index contributed by atoms with van der Waals surface area (Å²) in [6.07, 6.45) is 1.91. The molecule has 19 heavy (non-hydrogen) atoms. The number of nitrogens with zero attached hydrogens (tertiary/aromatic N) is 1. The van der Waals surface area contributed by atoms with Gasteiger partial charge in [0.2, 0.25) is 0 Å². The van der Waals surface area contributed by atoms with E-state index in [-0.39, 0.29) is 0 Å². The lowest BCUT2D eigenvalue weighted by molar-refractivity contribution is 0.206. The van der Waals surface area contributed by atoms with Crippen molar-refractivity contribution >= 4 is 21.6 Å². The molecule has 0 bridgehead atoms. The van der Waals surface area contributed by atoms with Crippen molar-refractivity contribution in [2.45, 2.75) is 13.0 Å². The summed E-state index contributed by atoms with van der Waals surface area (Å²) >= 11 is 3.65. The molecule has 0 saturated carbocycles. The maximum atomic E-state index is 5.15. The SMILES string of the molecule is C=CCN(CCOC)c1ccc(C(C)NC)c(Br)c1. The van der Waals surface area contributed by atoms with Gasteiger partial charge >= 0.3 is 0 Å². The van der Waals surface area contributed by atoms with Crippen molar-refractivity contribution in [2.24, 2.45) is 0 Å². The third-order valence-corrected chi connectivity index (χ3v) is 3.85. The Bertz CT molecular complexity index is 409. The highest BCUT2D eigenvalue weighted by Crippen LogP contribution is 2.28. The fourth-order valence-electron chi connectivity index (χ4n) is 1.90. The Kier molecular flexibility index (Phi) is 7.13. The molecule has 0 aromatic heterocycles. The summed E-state index contributed by atoms with van der Waals surface area (Å²) in [7, 11) is 3.69. The Balaban J connectivity index is 2.92. The molecule has 1 atom stereocenters. The van der Waals surface area contributed by atoms with Gasteiger partial charge in [-0.25, -0.2) is 0 Å². The van der Waals surface area contributed by atoms with Gasteiger partial charge in [-0.15, -0.1) is 6.58 Å². The van der Waals surface area contributed by atoms with Gasteiger partial charge in [-0.1, -0.05) is 28.1 Å². The van der Waals surface area contributed by atoms with Gasteiger partial charge in [0.05, 0.1) is 6.61 Å². The number of hydrogen-bond acceptors (Lipinski definition) is 3. The Labute approximate surface area is 124 Å². The van der Waals surface area contributed by atoms with Crippen molar-refractivity contribution in [2.75, 3.05) is 38.8 Å². The summed E-state index contributed by atoms with van der Waals surface area (Å²) in [6, 6.07) is 6.79. The van der Waals surface area contributed by atoms with Crippen molar-refractivity contribution in [3.05, 3.63) is 40.9 Å². The van der Waals surface area contributed by atoms with Gasteiger partial charge in [0.15, 0.2) is 0 Å². The first kappa shape index (κ1) is 16.2. The van der Waals surface area contributed by atoms with E-state index in [0.29, 0.717) is 12.6 Å². The average Bonchev–Trinajstić information content (AvgIpc) is 2.42. The first-order chi connectivity index (χ1) is 9.13. The molecular weight excluding hydrogens is 304 g/mol. The molecule has 0 saturated heterocycles. The number of benzene rings is 1. The van der Waals surface area contributed by atoms with Crippen LogP contribution in [0.5, 0.6) is 0 Å². The van der Waals surface area contributed by atoms with Gasteiger partial charge in [0.25, 0.3) is 0 Å². The van der Waals surface area contributed by atoms with E-state index in [1.54, 1.807) is 7.11 Å². The molecule has 1 rings (SSSR count). The Morgan fingerprint density at radius 2 is 2.26 bits per heavy atom. The lowest BCUT2D eigenvalue weighted by Gasteiger charge is -2.24. The fourth-order valence-corrected chi connectivity index (χ4v) is 2.61. The zero-order valence-corrected chi connectivity index (χ0v) is 13.5. The molecule has 0 radical (unpaired) electrons. The van der Waals surface area contributed by atoms with E-state index in [2.05, 4.69) is 57.8 Å². The number of methoxy groups -OCH3 is 1. The minimum absolute atomic E-state index is 0.329. The molecule has 0 amide bonds. The van der Waals surface area contributed by atoms with Crippen LogP contribution in [0.3, 0.4) is 0 Å². The summed E-state index contributed by atoms with van der Waals surface area (Å²) in [4.78, 5) is 2.25. The number of ether oxygens (including phenoxy) is 1. The van der Waals surface area contributed by atoms with E-state index >= 15 is 0 Å². The van der Waals surface area contributed by atoms with Crippen LogP contribution in [-0.4, -0.2) is 33.9 Å². The monoisotopic (exact) mass is 326 g/mol. The second kappa shape index (κ2) is 8.35. The number of anilines is 1. The molecule has 0 fully saturated rings. The topological polar surface area (TPSA) is 24.5 Å². The van der Waals surface area contributed by atoms with Crippen LogP contribution in [0.1, 0.15) is 18.5 Å². The highest BCUT2D eigenvalue weighted by Gasteiger charge is 2.10. The molecule has 1 unspecified atom stereocenters. The largest absolute Gasteiger partial charge is 0.383 e. The summed E-state index contributed by atoms with van der Waals surface area (Å²) in [5, 5.41) is 3.25. The van der Waals surface area contributed by atoms with E-state index in [4.69, 9.17) is 4.74 Å². The normalized spacial score (nSPS) is 12.2. The second-order valence-electron chi connectivity index (χ2n) is 4.44. The minimum atomic E-state index is 0.329. The zero-order chi connectivity index (χ0) is 14.3. The fraction of sp³-hybridized carbons (Fsp3) is 0.467. The molecule has 0 aliphatic heterocycles. The molecular formula is C15H23BrN2O. The molecule has 0 aliphatic carbocycles. The van der Waals surface area contributed by atoms with Crippen LogP contribution in [0.15, 0.2) is 35.3 Å². The average molecular weight is 327 g/mol. The number of hydrogen-bond donors (Lipinski definition) is 1. The summed E-state index contributed by atoms with van der Waals surface area (Å²) in [5.41, 5.74) is 2.44. The summed E-state index contributed by atoms with van der Waals surface area (Å²) < 4.78 is 6.28. The lowest BCUT2D eigenvalue weighted by Crippen LogP contribution is -2.27. The van der Waals surface area contributed by atoms with Crippen molar-refractivity contribution in [1.82, 2.24) is 5.32 Å². The standard InChI is InChI=1S/C15H23BrN2O/c1-5-8-18(9-10-19-4)13-6-7-14(12(2)17-3)15(16)11-13/h5-7,11-12,17H,1,8-10H2,2-4H3. The smallest absolute Gasteiger partial charge is 0.0637 e. The van der Waals surface area contributed by atoms with Crippen LogP contribution in [0, 0.1) is 0 Å². The van der Waals surface area contributed by atoms with Crippen molar-refractivity contribution < 1.29 is 4.74 Å². The number of nitrogens with one attached hydrogen (secondary N) is 1. The molecule has 4 heteroatoms. The first-order valence-electron chi connectivity index (χ1n) is 6.45. The molecule has 1 aromatic rings. The third kappa shape index (κ3) is 4.64. The maximum absolute atomic E-state index is 5.15. The van der Waals surface area contributed by atoms with Crippen LogP contribution in [0.4, 0.5) is 5.69 Å². The van der Waals surface area contributed by atoms with Crippen LogP contribution < -0.4 is 10.2 Å². The van der Waals surface area contributed by atoms with Crippen molar-refractivity contribution in [3.63, 3.8) is 0 Å².